The highest BCUT2D eigenvalue weighted by atomic mass is 32.2. The minimum atomic E-state index is -4.14. The van der Waals surface area contributed by atoms with Gasteiger partial charge in [-0.2, -0.15) is 0 Å². The topological polar surface area (TPSA) is 99.9 Å². The van der Waals surface area contributed by atoms with Crippen LogP contribution in [0.25, 0.3) is 22.5 Å². The van der Waals surface area contributed by atoms with Crippen molar-refractivity contribution in [2.45, 2.75) is 4.90 Å². The van der Waals surface area contributed by atoms with Crippen LogP contribution in [-0.4, -0.2) is 34.9 Å². The zero-order valence-electron chi connectivity index (χ0n) is 18.2. The van der Waals surface area contributed by atoms with Gasteiger partial charge in [-0.25, -0.2) is 8.42 Å². The molecule has 0 fully saturated rings. The summed E-state index contributed by atoms with van der Waals surface area (Å²) in [6, 6.07) is 21.5. The lowest BCUT2D eigenvalue weighted by molar-refractivity contribution is 0.374. The Morgan fingerprint density at radius 2 is 1.36 bits per heavy atom. The van der Waals surface area contributed by atoms with Crippen LogP contribution >= 0.6 is 0 Å². The molecular weight excluding hydrogens is 444 g/mol. The van der Waals surface area contributed by atoms with E-state index < -0.39 is 10.0 Å². The second-order valence-electron chi connectivity index (χ2n) is 6.96. The van der Waals surface area contributed by atoms with Gasteiger partial charge in [0.1, 0.15) is 17.2 Å². The van der Waals surface area contributed by atoms with E-state index in [1.807, 2.05) is 42.5 Å². The van der Waals surface area contributed by atoms with E-state index in [9.17, 15) is 8.42 Å². The lowest BCUT2D eigenvalue weighted by Gasteiger charge is -2.16. The molecule has 3 aromatic carbocycles. The van der Waals surface area contributed by atoms with Crippen molar-refractivity contribution in [1.29, 1.82) is 0 Å². The fourth-order valence-electron chi connectivity index (χ4n) is 3.43. The van der Waals surface area contributed by atoms with E-state index in [1.54, 1.807) is 24.3 Å². The van der Waals surface area contributed by atoms with Gasteiger partial charge in [0.2, 0.25) is 0 Å². The summed E-state index contributed by atoms with van der Waals surface area (Å²) >= 11 is 0. The molecule has 170 valence electrons. The number of ether oxygens (including phenoxy) is 3. The van der Waals surface area contributed by atoms with Crippen LogP contribution in [0.5, 0.6) is 17.2 Å². The van der Waals surface area contributed by atoms with Crippen LogP contribution < -0.4 is 18.9 Å². The van der Waals surface area contributed by atoms with Gasteiger partial charge in [-0.05, 0) is 35.4 Å². The van der Waals surface area contributed by atoms with Crippen molar-refractivity contribution in [2.75, 3.05) is 26.1 Å². The van der Waals surface area contributed by atoms with E-state index in [0.29, 0.717) is 17.1 Å². The van der Waals surface area contributed by atoms with Crippen LogP contribution in [0.3, 0.4) is 0 Å². The number of hydrogen-bond acceptors (Lipinski definition) is 7. The van der Waals surface area contributed by atoms with E-state index in [2.05, 4.69) is 9.88 Å². The molecule has 0 saturated heterocycles. The van der Waals surface area contributed by atoms with Crippen LogP contribution in [-0.2, 0) is 10.0 Å². The number of benzene rings is 3. The number of methoxy groups -OCH3 is 3. The summed E-state index contributed by atoms with van der Waals surface area (Å²) in [7, 11) is 0.205. The average Bonchev–Trinajstić information content (AvgIpc) is 3.31. The molecule has 0 aliphatic rings. The van der Waals surface area contributed by atoms with Crippen molar-refractivity contribution < 1.29 is 27.2 Å². The van der Waals surface area contributed by atoms with Crippen molar-refractivity contribution >= 4 is 15.8 Å². The molecule has 0 aliphatic heterocycles. The van der Waals surface area contributed by atoms with Gasteiger partial charge < -0.3 is 18.7 Å². The van der Waals surface area contributed by atoms with E-state index in [4.69, 9.17) is 18.7 Å². The van der Waals surface area contributed by atoms with Gasteiger partial charge in [0, 0.05) is 6.07 Å². The van der Waals surface area contributed by atoms with E-state index >= 15 is 0 Å². The Hall–Kier alpha value is -3.98. The second kappa shape index (κ2) is 9.25. The molecule has 0 radical (unpaired) electrons. The number of hydrogen-bond donors (Lipinski definition) is 1. The fourth-order valence-corrected chi connectivity index (χ4v) is 4.72. The summed E-state index contributed by atoms with van der Waals surface area (Å²) in [5.74, 6) is 1.20. The molecule has 0 atom stereocenters. The highest BCUT2D eigenvalue weighted by Crippen LogP contribution is 2.39. The summed E-state index contributed by atoms with van der Waals surface area (Å²) in [5, 5.41) is 3.85. The predicted octanol–water partition coefficient (Wildman–Crippen LogP) is 4.84. The molecule has 1 N–H and O–H groups in total. The van der Waals surface area contributed by atoms with Crippen LogP contribution in [0.1, 0.15) is 0 Å². The van der Waals surface area contributed by atoms with Crippen LogP contribution in [0.2, 0.25) is 0 Å². The predicted molar refractivity (Wildman–Crippen MR) is 124 cm³/mol. The normalized spacial score (nSPS) is 11.1. The summed E-state index contributed by atoms with van der Waals surface area (Å²) in [4.78, 5) is -0.144. The van der Waals surface area contributed by atoms with Gasteiger partial charge in [0.15, 0.2) is 16.5 Å². The molecule has 8 nitrogen and oxygen atoms in total. The van der Waals surface area contributed by atoms with Crippen molar-refractivity contribution in [3.8, 4) is 39.7 Å². The maximum absolute atomic E-state index is 13.3. The Bertz CT molecular complexity index is 1340. The zero-order valence-corrected chi connectivity index (χ0v) is 19.0. The zero-order chi connectivity index (χ0) is 23.4. The highest BCUT2D eigenvalue weighted by Gasteiger charge is 2.27. The first kappa shape index (κ1) is 22.2. The van der Waals surface area contributed by atoms with Crippen molar-refractivity contribution in [3.63, 3.8) is 0 Å². The molecule has 4 aromatic rings. The molecule has 0 bridgehead atoms. The maximum Gasteiger partial charge on any atom is 0.270 e. The summed E-state index contributed by atoms with van der Waals surface area (Å²) in [5.41, 5.74) is 2.28. The number of rotatable bonds is 8. The molecule has 33 heavy (non-hydrogen) atoms. The number of nitrogens with zero attached hydrogens (tertiary/aromatic N) is 1. The number of anilines is 1. The SMILES string of the molecule is COc1ccccc1-c1cc(NS(=O)(=O)c2c(OC)cc(-c3ccccc3)cc2OC)no1. The van der Waals surface area contributed by atoms with Gasteiger partial charge in [0.05, 0.1) is 26.9 Å². The third-order valence-electron chi connectivity index (χ3n) is 4.96. The molecule has 0 unspecified atom stereocenters. The third kappa shape index (κ3) is 4.49. The number of aromatic nitrogens is 1. The Morgan fingerprint density at radius 3 is 2.00 bits per heavy atom. The summed E-state index contributed by atoms with van der Waals surface area (Å²) in [6.45, 7) is 0. The van der Waals surface area contributed by atoms with E-state index in [1.165, 1.54) is 27.4 Å². The fraction of sp³-hybridized carbons (Fsp3) is 0.125. The van der Waals surface area contributed by atoms with Crippen molar-refractivity contribution in [2.24, 2.45) is 0 Å². The van der Waals surface area contributed by atoms with Crippen molar-refractivity contribution in [3.05, 3.63) is 72.8 Å². The standard InChI is InChI=1S/C24H22N2O6S/c1-29-19-12-8-7-11-18(19)20-15-23(25-32-20)26-33(27,28)24-21(30-2)13-17(14-22(24)31-3)16-9-5-4-6-10-16/h4-15H,1-3H3,(H,25,26). The van der Waals surface area contributed by atoms with Crippen molar-refractivity contribution in [1.82, 2.24) is 5.16 Å². The van der Waals surface area contributed by atoms with Crippen LogP contribution in [0.4, 0.5) is 5.82 Å². The van der Waals surface area contributed by atoms with Gasteiger partial charge in [-0.3, -0.25) is 4.72 Å². The Labute approximate surface area is 191 Å². The smallest absolute Gasteiger partial charge is 0.270 e. The van der Waals surface area contributed by atoms with Gasteiger partial charge >= 0.3 is 0 Å². The molecule has 0 spiro atoms. The monoisotopic (exact) mass is 466 g/mol. The number of para-hydroxylation sites is 1. The highest BCUT2D eigenvalue weighted by molar-refractivity contribution is 7.93. The molecular formula is C24H22N2O6S. The first-order valence-corrected chi connectivity index (χ1v) is 11.4. The van der Waals surface area contributed by atoms with Crippen LogP contribution in [0, 0.1) is 0 Å². The van der Waals surface area contributed by atoms with E-state index in [-0.39, 0.29) is 22.2 Å². The third-order valence-corrected chi connectivity index (χ3v) is 6.38. The molecule has 4 rings (SSSR count). The molecule has 9 heteroatoms. The number of nitrogens with one attached hydrogen (secondary N) is 1. The van der Waals surface area contributed by atoms with Crippen LogP contribution in [0.15, 0.2) is 82.2 Å². The van der Waals surface area contributed by atoms with Gasteiger partial charge in [-0.15, -0.1) is 0 Å². The Kier molecular flexibility index (Phi) is 6.23. The Balaban J connectivity index is 1.71. The molecule has 0 aliphatic carbocycles. The molecule has 1 heterocycles. The quantitative estimate of drug-likeness (QED) is 0.397. The van der Waals surface area contributed by atoms with E-state index in [0.717, 1.165) is 11.1 Å². The van der Waals surface area contributed by atoms with Gasteiger partial charge in [0.25, 0.3) is 10.0 Å². The first-order chi connectivity index (χ1) is 16.0. The minimum absolute atomic E-state index is 0.00662. The molecule has 1 aromatic heterocycles. The lowest BCUT2D eigenvalue weighted by Crippen LogP contribution is -2.15. The second-order valence-corrected chi connectivity index (χ2v) is 8.58. The minimum Gasteiger partial charge on any atom is -0.496 e. The maximum atomic E-state index is 13.3. The Morgan fingerprint density at radius 1 is 0.758 bits per heavy atom. The lowest BCUT2D eigenvalue weighted by atomic mass is 10.1. The number of sulfonamides is 1. The summed E-state index contributed by atoms with van der Waals surface area (Å²) < 4.78 is 50.6. The first-order valence-electron chi connectivity index (χ1n) is 9.91. The molecule has 0 saturated carbocycles. The average molecular weight is 467 g/mol. The molecule has 0 amide bonds. The largest absolute Gasteiger partial charge is 0.496 e. The summed E-state index contributed by atoms with van der Waals surface area (Å²) in [6.07, 6.45) is 0. The van der Waals surface area contributed by atoms with Gasteiger partial charge in [-0.1, -0.05) is 47.6 Å².